The van der Waals surface area contributed by atoms with Crippen LogP contribution < -0.4 is 0 Å². The average molecular weight is 181 g/mol. The first-order chi connectivity index (χ1) is 4.47. The molecule has 1 aromatic heterocycles. The molecule has 42 valence electrons. The van der Waals surface area contributed by atoms with Crippen LogP contribution in [0.4, 0.5) is 0 Å². The van der Waals surface area contributed by atoms with Crippen molar-refractivity contribution in [3.05, 3.63) is 24.3 Å². The molecule has 3 heteroatoms. The maximum atomic E-state index is 4.14. The van der Waals surface area contributed by atoms with E-state index >= 15 is 0 Å². The predicted molar refractivity (Wildman–Crippen MR) is 34.1 cm³/mol. The van der Waals surface area contributed by atoms with Gasteiger partial charge in [-0.3, -0.25) is 0 Å². The number of rotatable bonds is 0. The maximum absolute atomic E-state index is 4.14. The Morgan fingerprint density at radius 3 is 3.33 bits per heavy atom. The second-order valence-corrected chi connectivity index (χ2v) is 2.71. The van der Waals surface area contributed by atoms with Crippen LogP contribution in [0.25, 0.3) is 11.0 Å². The first-order valence-corrected chi connectivity index (χ1v) is 4.01. The first kappa shape index (κ1) is 4.99. The van der Waals surface area contributed by atoms with Crippen LogP contribution in [0.15, 0.2) is 12.1 Å². The fourth-order valence-electron chi connectivity index (χ4n) is 0.622. The molecule has 1 heterocycles. The summed E-state index contributed by atoms with van der Waals surface area (Å²) in [7, 11) is 0. The molecule has 0 aliphatic rings. The molecule has 0 fully saturated rings. The van der Waals surface area contributed by atoms with E-state index in [1.807, 2.05) is 6.07 Å². The summed E-state index contributed by atoms with van der Waals surface area (Å²) in [6.45, 7) is 0. The van der Waals surface area contributed by atoms with Crippen molar-refractivity contribution < 1.29 is 0 Å². The Bertz CT molecular complexity index is 285. The Morgan fingerprint density at radius 2 is 2.44 bits per heavy atom. The summed E-state index contributed by atoms with van der Waals surface area (Å²) < 4.78 is 8.25. The number of hydrogen-bond donors (Lipinski definition) is 0. The normalized spacial score (nSPS) is 9.33. The second-order valence-electron chi connectivity index (χ2n) is 1.60. The number of fused-ring (bicyclic) bond motifs is 1. The molecule has 0 saturated carbocycles. The van der Waals surface area contributed by atoms with Crippen LogP contribution in [0.5, 0.6) is 0 Å². The van der Waals surface area contributed by atoms with Crippen LogP contribution >= 0.6 is 0 Å². The molecule has 0 saturated heterocycles. The van der Waals surface area contributed by atoms with Gasteiger partial charge in [0, 0.05) is 0 Å². The van der Waals surface area contributed by atoms with Gasteiger partial charge in [0.2, 0.25) is 0 Å². The molecule has 0 amide bonds. The number of nitrogens with zero attached hydrogens (tertiary/aromatic N) is 2. The second kappa shape index (κ2) is 1.84. The molecule has 9 heavy (non-hydrogen) atoms. The molecule has 0 N–H and O–H groups in total. The Kier molecular flexibility index (Phi) is 1.02. The van der Waals surface area contributed by atoms with Crippen molar-refractivity contribution in [1.29, 1.82) is 0 Å². The van der Waals surface area contributed by atoms with E-state index in [2.05, 4.69) is 20.1 Å². The van der Waals surface area contributed by atoms with Crippen LogP contribution in [-0.4, -0.2) is 22.9 Å². The van der Waals surface area contributed by atoms with Crippen LogP contribution in [0.1, 0.15) is 0 Å². The topological polar surface area (TPSA) is 25.8 Å². The summed E-state index contributed by atoms with van der Waals surface area (Å²) in [4.78, 5) is 0. The van der Waals surface area contributed by atoms with Gasteiger partial charge >= 0.3 is 58.2 Å². The van der Waals surface area contributed by atoms with Gasteiger partial charge in [0.25, 0.3) is 0 Å². The molecule has 0 aliphatic heterocycles. The Labute approximate surface area is 58.7 Å². The van der Waals surface area contributed by atoms with Crippen LogP contribution in [0.2, 0.25) is 0 Å². The van der Waals surface area contributed by atoms with E-state index in [1.54, 1.807) is 6.07 Å². The Morgan fingerprint density at radius 1 is 1.44 bits per heavy atom. The molecule has 0 radical (unpaired) electrons. The third-order valence-electron chi connectivity index (χ3n) is 1.03. The molecule has 2 rings (SSSR count). The monoisotopic (exact) mass is 182 g/mol. The van der Waals surface area contributed by atoms with Crippen molar-refractivity contribution in [2.75, 3.05) is 0 Å². The number of hydrogen-bond acceptors (Lipinski definition) is 2. The fourth-order valence-corrected chi connectivity index (χ4v) is 1.66. The van der Waals surface area contributed by atoms with Crippen LogP contribution in [0.3, 0.4) is 0 Å². The summed E-state index contributed by atoms with van der Waals surface area (Å²) in [5, 5.41) is 0. The summed E-state index contributed by atoms with van der Waals surface area (Å²) in [6.07, 6.45) is 0. The van der Waals surface area contributed by atoms with Gasteiger partial charge < -0.3 is 0 Å². The summed E-state index contributed by atoms with van der Waals surface area (Å²) in [6, 6.07) is 9.41. The van der Waals surface area contributed by atoms with Crippen molar-refractivity contribution >= 4 is 26.0 Å². The molecule has 0 bridgehead atoms. The van der Waals surface area contributed by atoms with Crippen LogP contribution in [-0.2, 0) is 0 Å². The van der Waals surface area contributed by atoms with Gasteiger partial charge in [-0.05, 0) is 0 Å². The van der Waals surface area contributed by atoms with Gasteiger partial charge in [-0.2, -0.15) is 0 Å². The molecule has 2 nitrogen and oxygen atoms in total. The van der Waals surface area contributed by atoms with Gasteiger partial charge in [0.1, 0.15) is 0 Å². The van der Waals surface area contributed by atoms with E-state index in [9.17, 15) is 0 Å². The molecule has 0 unspecified atom stereocenters. The minimum absolute atomic E-state index is 0.0774. The standard InChI is InChI=1S/C6H2N2Se/c1-2-4-6-5(3-1)7-9-8-6/h1,3H. The van der Waals surface area contributed by atoms with Gasteiger partial charge in [-0.25, -0.2) is 0 Å². The van der Waals surface area contributed by atoms with E-state index in [-0.39, 0.29) is 15.0 Å². The zero-order valence-electron chi connectivity index (χ0n) is 4.46. The molecule has 2 aromatic rings. The molecule has 1 aromatic carbocycles. The van der Waals surface area contributed by atoms with E-state index < -0.39 is 0 Å². The quantitative estimate of drug-likeness (QED) is 0.546. The minimum atomic E-state index is 0.0774. The Balaban J connectivity index is 2.95. The molecular formula is C6H2N2Se. The van der Waals surface area contributed by atoms with Gasteiger partial charge in [0.15, 0.2) is 0 Å². The van der Waals surface area contributed by atoms with Crippen molar-refractivity contribution in [3.63, 3.8) is 0 Å². The average Bonchev–Trinajstić information content (AvgIpc) is 2.33. The van der Waals surface area contributed by atoms with Crippen molar-refractivity contribution in [2.45, 2.75) is 0 Å². The fraction of sp³-hybridized carbons (Fsp3) is 0. The van der Waals surface area contributed by atoms with Crippen molar-refractivity contribution in [1.82, 2.24) is 7.96 Å². The van der Waals surface area contributed by atoms with Gasteiger partial charge in [-0.1, -0.05) is 0 Å². The SMILES string of the molecule is c1ccc2n[se]nc2c#1. The molecule has 0 aliphatic carbocycles. The zero-order valence-corrected chi connectivity index (χ0v) is 6.17. The Hall–Kier alpha value is -0.841. The number of aromatic nitrogens is 2. The van der Waals surface area contributed by atoms with Gasteiger partial charge in [-0.15, -0.1) is 0 Å². The summed E-state index contributed by atoms with van der Waals surface area (Å²) in [5.41, 5.74) is 1.84. The first-order valence-electron chi connectivity index (χ1n) is 2.47. The van der Waals surface area contributed by atoms with Crippen molar-refractivity contribution in [3.8, 4) is 0 Å². The van der Waals surface area contributed by atoms with Crippen molar-refractivity contribution in [2.24, 2.45) is 0 Å². The third kappa shape index (κ3) is 0.730. The molecule has 0 spiro atoms. The molecular weight excluding hydrogens is 179 g/mol. The third-order valence-corrected chi connectivity index (χ3v) is 2.17. The van der Waals surface area contributed by atoms with E-state index in [1.165, 1.54) is 0 Å². The van der Waals surface area contributed by atoms with E-state index in [0.717, 1.165) is 11.0 Å². The van der Waals surface area contributed by atoms with Crippen LogP contribution in [0, 0.1) is 12.1 Å². The summed E-state index contributed by atoms with van der Waals surface area (Å²) >= 11 is 0.0774. The molecule has 0 atom stereocenters. The zero-order chi connectivity index (χ0) is 6.10. The summed E-state index contributed by atoms with van der Waals surface area (Å²) in [5.74, 6) is 0. The predicted octanol–water partition coefficient (Wildman–Crippen LogP) is 0.287. The van der Waals surface area contributed by atoms with E-state index in [0.29, 0.717) is 0 Å². The van der Waals surface area contributed by atoms with E-state index in [4.69, 9.17) is 0 Å². The van der Waals surface area contributed by atoms with Gasteiger partial charge in [0.05, 0.1) is 0 Å².